The predicted octanol–water partition coefficient (Wildman–Crippen LogP) is 2.31. The normalized spacial score (nSPS) is 20.3. The van der Waals surface area contributed by atoms with Gasteiger partial charge in [0.1, 0.15) is 0 Å². The third-order valence-corrected chi connectivity index (χ3v) is 4.82. The molecule has 0 bridgehead atoms. The molecule has 19 heavy (non-hydrogen) atoms. The summed E-state index contributed by atoms with van der Waals surface area (Å²) in [6.07, 6.45) is 7.02. The van der Waals surface area contributed by atoms with Crippen LogP contribution in [-0.4, -0.2) is 21.6 Å². The van der Waals surface area contributed by atoms with Crippen molar-refractivity contribution in [2.24, 2.45) is 5.92 Å². The zero-order chi connectivity index (χ0) is 13.7. The molecule has 1 saturated carbocycles. The minimum atomic E-state index is -0.683. The highest BCUT2D eigenvalue weighted by molar-refractivity contribution is 6.08. The Morgan fingerprint density at radius 2 is 1.84 bits per heavy atom. The minimum Gasteiger partial charge on any atom is -0.385 e. The van der Waals surface area contributed by atoms with Gasteiger partial charge in [0.05, 0.1) is 12.2 Å². The van der Waals surface area contributed by atoms with Crippen molar-refractivity contribution in [3.8, 4) is 0 Å². The van der Waals surface area contributed by atoms with E-state index < -0.39 is 5.60 Å². The highest BCUT2D eigenvalue weighted by Gasteiger charge is 2.34. The third kappa shape index (κ3) is 3.68. The van der Waals surface area contributed by atoms with E-state index in [0.29, 0.717) is 12.5 Å². The van der Waals surface area contributed by atoms with E-state index in [0.717, 1.165) is 34.9 Å². The largest absolute Gasteiger partial charge is 0.385 e. The number of hydrogen-bond donors (Lipinski definition) is 1. The molecule has 1 atom stereocenters. The summed E-state index contributed by atoms with van der Waals surface area (Å²) >= 11 is 0. The molecule has 0 saturated heterocycles. The van der Waals surface area contributed by atoms with Crippen LogP contribution in [0.4, 0.5) is 0 Å². The van der Waals surface area contributed by atoms with Gasteiger partial charge in [-0.2, -0.15) is 0 Å². The van der Waals surface area contributed by atoms with Gasteiger partial charge < -0.3 is 9.84 Å². The van der Waals surface area contributed by atoms with Crippen LogP contribution in [0.15, 0.2) is 24.3 Å². The van der Waals surface area contributed by atoms with Gasteiger partial charge in [0, 0.05) is 16.5 Å². The fourth-order valence-corrected chi connectivity index (χ4v) is 3.26. The molecular weight excluding hydrogens is 252 g/mol. The predicted molar refractivity (Wildman–Crippen MR) is 82.2 cm³/mol. The second kappa shape index (κ2) is 6.68. The lowest BCUT2D eigenvalue weighted by Crippen LogP contribution is -2.33. The lowest BCUT2D eigenvalue weighted by molar-refractivity contribution is -0.0215. The Hall–Kier alpha value is -0.643. The van der Waals surface area contributed by atoms with Crippen LogP contribution in [0.1, 0.15) is 50.2 Å². The molecular formula is C16H26O2Si. The first-order valence-electron chi connectivity index (χ1n) is 7.54. The Morgan fingerprint density at radius 3 is 2.42 bits per heavy atom. The lowest BCUT2D eigenvalue weighted by Gasteiger charge is -2.36. The van der Waals surface area contributed by atoms with E-state index in [9.17, 15) is 5.11 Å². The minimum absolute atomic E-state index is 0.407. The molecule has 2 rings (SSSR count). The number of aliphatic hydroxyl groups is 1. The highest BCUT2D eigenvalue weighted by Crippen LogP contribution is 2.38. The number of benzene rings is 1. The second-order valence-electron chi connectivity index (χ2n) is 5.82. The Kier molecular flexibility index (Phi) is 5.19. The first kappa shape index (κ1) is 14.8. The van der Waals surface area contributed by atoms with Crippen molar-refractivity contribution >= 4 is 10.2 Å². The molecule has 0 heterocycles. The van der Waals surface area contributed by atoms with Crippen molar-refractivity contribution in [1.29, 1.82) is 0 Å². The molecule has 0 aliphatic heterocycles. The highest BCUT2D eigenvalue weighted by atomic mass is 28.1. The molecule has 1 N–H and O–H groups in total. The SMILES string of the molecule is CC(O)(c1ccc(COC[SiH3])cc1)C1CCCCC1. The maximum Gasteiger partial charge on any atom is 0.0896 e. The van der Waals surface area contributed by atoms with E-state index in [1.165, 1.54) is 24.8 Å². The van der Waals surface area contributed by atoms with Gasteiger partial charge in [-0.25, -0.2) is 0 Å². The fraction of sp³-hybridized carbons (Fsp3) is 0.625. The number of ether oxygens (including phenoxy) is 1. The molecule has 0 amide bonds. The van der Waals surface area contributed by atoms with Gasteiger partial charge in [0.2, 0.25) is 0 Å². The average Bonchev–Trinajstić information content (AvgIpc) is 2.46. The molecule has 1 aromatic carbocycles. The average molecular weight is 278 g/mol. The van der Waals surface area contributed by atoms with E-state index in [-0.39, 0.29) is 0 Å². The molecule has 0 spiro atoms. The summed E-state index contributed by atoms with van der Waals surface area (Å²) in [6.45, 7) is 2.67. The maximum absolute atomic E-state index is 10.9. The summed E-state index contributed by atoms with van der Waals surface area (Å²) in [7, 11) is 1.08. The van der Waals surface area contributed by atoms with Gasteiger partial charge in [-0.3, -0.25) is 0 Å². The molecule has 1 fully saturated rings. The summed E-state index contributed by atoms with van der Waals surface area (Å²) in [5.41, 5.74) is 1.56. The Morgan fingerprint density at radius 1 is 1.21 bits per heavy atom. The first-order valence-corrected chi connectivity index (χ1v) is 8.95. The van der Waals surface area contributed by atoms with Crippen LogP contribution in [0.3, 0.4) is 0 Å². The molecule has 1 aliphatic rings. The first-order chi connectivity index (χ1) is 9.14. The zero-order valence-corrected chi connectivity index (χ0v) is 14.2. The van der Waals surface area contributed by atoms with E-state index in [4.69, 9.17) is 4.74 Å². The smallest absolute Gasteiger partial charge is 0.0896 e. The molecule has 1 aromatic rings. The number of hydrogen-bond acceptors (Lipinski definition) is 2. The maximum atomic E-state index is 10.9. The van der Waals surface area contributed by atoms with E-state index >= 15 is 0 Å². The molecule has 0 aromatic heterocycles. The van der Waals surface area contributed by atoms with E-state index in [2.05, 4.69) is 24.3 Å². The van der Waals surface area contributed by atoms with Gasteiger partial charge in [0.15, 0.2) is 0 Å². The Balaban J connectivity index is 2.06. The quantitative estimate of drug-likeness (QED) is 0.838. The van der Waals surface area contributed by atoms with Crippen LogP contribution in [0, 0.1) is 5.92 Å². The standard InChI is InChI=1S/C16H26O2Si/c1-16(17,14-5-3-2-4-6-14)15-9-7-13(8-10-15)11-18-12-19/h7-10,14,17H,2-6,11-12H2,1,19H3. The summed E-state index contributed by atoms with van der Waals surface area (Å²) in [5, 5.41) is 10.9. The Bertz CT molecular complexity index is 380. The van der Waals surface area contributed by atoms with Crippen LogP contribution < -0.4 is 0 Å². The lowest BCUT2D eigenvalue weighted by atomic mass is 9.74. The molecule has 106 valence electrons. The molecule has 0 radical (unpaired) electrons. The van der Waals surface area contributed by atoms with Crippen LogP contribution in [-0.2, 0) is 16.9 Å². The monoisotopic (exact) mass is 278 g/mol. The van der Waals surface area contributed by atoms with Crippen LogP contribution in [0.5, 0.6) is 0 Å². The molecule has 3 heteroatoms. The van der Waals surface area contributed by atoms with Gasteiger partial charge in [-0.15, -0.1) is 0 Å². The molecule has 1 unspecified atom stereocenters. The van der Waals surface area contributed by atoms with Crippen molar-refractivity contribution in [2.45, 2.75) is 51.2 Å². The van der Waals surface area contributed by atoms with Crippen LogP contribution in [0.2, 0.25) is 0 Å². The number of rotatable bonds is 5. The molecule has 2 nitrogen and oxygen atoms in total. The van der Waals surface area contributed by atoms with Gasteiger partial charge in [-0.05, 0) is 36.8 Å². The third-order valence-electron chi connectivity index (χ3n) is 4.41. The summed E-state index contributed by atoms with van der Waals surface area (Å²) in [4.78, 5) is 0. The van der Waals surface area contributed by atoms with Crippen molar-refractivity contribution in [3.63, 3.8) is 0 Å². The molecule has 1 aliphatic carbocycles. The van der Waals surface area contributed by atoms with Crippen molar-refractivity contribution in [2.75, 3.05) is 6.23 Å². The summed E-state index contributed by atoms with van der Waals surface area (Å²) < 4.78 is 5.46. The van der Waals surface area contributed by atoms with Crippen molar-refractivity contribution in [3.05, 3.63) is 35.4 Å². The van der Waals surface area contributed by atoms with Crippen LogP contribution >= 0.6 is 0 Å². The summed E-state index contributed by atoms with van der Waals surface area (Å²) in [5.74, 6) is 0.407. The van der Waals surface area contributed by atoms with Crippen LogP contribution in [0.25, 0.3) is 0 Å². The zero-order valence-electron chi connectivity index (χ0n) is 12.2. The topological polar surface area (TPSA) is 29.5 Å². The Labute approximate surface area is 119 Å². The summed E-state index contributed by atoms with van der Waals surface area (Å²) in [6, 6.07) is 8.31. The second-order valence-corrected chi connectivity index (χ2v) is 6.39. The van der Waals surface area contributed by atoms with E-state index in [1.807, 2.05) is 6.92 Å². The van der Waals surface area contributed by atoms with Gasteiger partial charge in [-0.1, -0.05) is 43.5 Å². The fourth-order valence-electron chi connectivity index (χ4n) is 3.06. The van der Waals surface area contributed by atoms with Gasteiger partial charge in [0.25, 0.3) is 0 Å². The van der Waals surface area contributed by atoms with Crippen molar-refractivity contribution in [1.82, 2.24) is 0 Å². The van der Waals surface area contributed by atoms with Crippen molar-refractivity contribution < 1.29 is 9.84 Å². The van der Waals surface area contributed by atoms with E-state index in [1.54, 1.807) is 0 Å². The van der Waals surface area contributed by atoms with Gasteiger partial charge >= 0.3 is 0 Å².